The second-order valence-electron chi connectivity index (χ2n) is 7.37. The maximum absolute atomic E-state index is 12.6. The molecule has 0 N–H and O–H groups in total. The SMILES string of the molecule is Cc1ccccc1[C@@H]1[C@@H]2CN(Cc3nc(C(F)(F)F)no3)C[C@@H]2CN1C.Cl. The summed E-state index contributed by atoms with van der Waals surface area (Å²) < 4.78 is 42.6. The summed E-state index contributed by atoms with van der Waals surface area (Å²) in [5.74, 6) is -0.233. The van der Waals surface area contributed by atoms with E-state index in [-0.39, 0.29) is 24.8 Å². The lowest BCUT2D eigenvalue weighted by Crippen LogP contribution is -2.29. The molecule has 0 unspecified atom stereocenters. The Kier molecular flexibility index (Phi) is 5.52. The van der Waals surface area contributed by atoms with Gasteiger partial charge in [0.2, 0.25) is 5.89 Å². The number of nitrogens with zero attached hydrogens (tertiary/aromatic N) is 4. The van der Waals surface area contributed by atoms with E-state index in [1.54, 1.807) is 0 Å². The Labute approximate surface area is 161 Å². The largest absolute Gasteiger partial charge is 0.455 e. The Hall–Kier alpha value is -1.64. The highest BCUT2D eigenvalue weighted by Gasteiger charge is 2.46. The van der Waals surface area contributed by atoms with Gasteiger partial charge in [0.15, 0.2) is 0 Å². The first-order chi connectivity index (χ1) is 12.3. The van der Waals surface area contributed by atoms with E-state index < -0.39 is 12.0 Å². The van der Waals surface area contributed by atoms with E-state index >= 15 is 0 Å². The van der Waals surface area contributed by atoms with Gasteiger partial charge in [0, 0.05) is 25.7 Å². The molecule has 1 aromatic heterocycles. The number of benzene rings is 1. The molecule has 2 fully saturated rings. The predicted molar refractivity (Wildman–Crippen MR) is 95.4 cm³/mol. The van der Waals surface area contributed by atoms with Gasteiger partial charge >= 0.3 is 6.18 Å². The molecule has 0 aliphatic carbocycles. The Morgan fingerprint density at radius 2 is 1.93 bits per heavy atom. The number of aromatic nitrogens is 2. The number of hydrogen-bond donors (Lipinski definition) is 0. The summed E-state index contributed by atoms with van der Waals surface area (Å²) in [6, 6.07) is 8.74. The molecule has 2 aliphatic rings. The second-order valence-corrected chi connectivity index (χ2v) is 7.37. The van der Waals surface area contributed by atoms with E-state index in [1.165, 1.54) is 11.1 Å². The summed E-state index contributed by atoms with van der Waals surface area (Å²) >= 11 is 0. The lowest BCUT2D eigenvalue weighted by Gasteiger charge is -2.27. The van der Waals surface area contributed by atoms with Gasteiger partial charge in [-0.05, 0) is 36.9 Å². The maximum Gasteiger partial charge on any atom is 0.455 e. The standard InChI is InChI=1S/C18H21F3N4O.ClH/c1-11-5-3-4-6-13(11)16-14-9-25(8-12(14)7-24(16)2)10-15-22-17(23-26-15)18(19,20)21;/h3-6,12,14,16H,7-10H2,1-2H3;1H/t12-,14+,16+;/m0./s1. The van der Waals surface area contributed by atoms with Gasteiger partial charge in [-0.15, -0.1) is 12.4 Å². The number of rotatable bonds is 3. The molecule has 2 aromatic rings. The molecule has 0 radical (unpaired) electrons. The van der Waals surface area contributed by atoms with Crippen molar-refractivity contribution < 1.29 is 17.7 Å². The second kappa shape index (κ2) is 7.41. The molecule has 5 nitrogen and oxygen atoms in total. The van der Waals surface area contributed by atoms with E-state index in [0.29, 0.717) is 17.9 Å². The van der Waals surface area contributed by atoms with Crippen LogP contribution in [0.15, 0.2) is 28.8 Å². The zero-order valence-corrected chi connectivity index (χ0v) is 15.9. The van der Waals surface area contributed by atoms with E-state index in [1.807, 2.05) is 6.07 Å². The van der Waals surface area contributed by atoms with E-state index in [0.717, 1.165) is 19.6 Å². The molecule has 27 heavy (non-hydrogen) atoms. The summed E-state index contributed by atoms with van der Waals surface area (Å²) in [6.07, 6.45) is -4.57. The van der Waals surface area contributed by atoms with E-state index in [4.69, 9.17) is 4.52 Å². The van der Waals surface area contributed by atoms with Crippen molar-refractivity contribution in [3.05, 3.63) is 47.1 Å². The van der Waals surface area contributed by atoms with Crippen LogP contribution in [0.5, 0.6) is 0 Å². The lowest BCUT2D eigenvalue weighted by molar-refractivity contribution is -0.146. The third-order valence-electron chi connectivity index (χ3n) is 5.56. The molecular weight excluding hydrogens is 381 g/mol. The van der Waals surface area contributed by atoms with Crippen LogP contribution in [0.4, 0.5) is 13.2 Å². The van der Waals surface area contributed by atoms with Gasteiger partial charge in [-0.1, -0.05) is 29.4 Å². The van der Waals surface area contributed by atoms with Crippen molar-refractivity contribution in [2.75, 3.05) is 26.7 Å². The van der Waals surface area contributed by atoms with Gasteiger partial charge in [0.1, 0.15) is 0 Å². The monoisotopic (exact) mass is 402 g/mol. The van der Waals surface area contributed by atoms with Crippen LogP contribution in [0.25, 0.3) is 0 Å². The summed E-state index contributed by atoms with van der Waals surface area (Å²) in [6.45, 7) is 5.03. The molecule has 2 saturated heterocycles. The van der Waals surface area contributed by atoms with Crippen molar-refractivity contribution in [1.82, 2.24) is 19.9 Å². The topological polar surface area (TPSA) is 45.4 Å². The quantitative estimate of drug-likeness (QED) is 0.785. The number of fused-ring (bicyclic) bond motifs is 1. The zero-order chi connectivity index (χ0) is 18.5. The van der Waals surface area contributed by atoms with Crippen molar-refractivity contribution >= 4 is 12.4 Å². The fourth-order valence-corrected chi connectivity index (χ4v) is 4.49. The molecule has 0 spiro atoms. The van der Waals surface area contributed by atoms with Gasteiger partial charge in [0.05, 0.1) is 6.54 Å². The fourth-order valence-electron chi connectivity index (χ4n) is 4.49. The normalized spacial score (nSPS) is 26.2. The van der Waals surface area contributed by atoms with Crippen LogP contribution in [0.3, 0.4) is 0 Å². The predicted octanol–water partition coefficient (Wildman–Crippen LogP) is 3.55. The number of alkyl halides is 3. The Morgan fingerprint density at radius 1 is 1.19 bits per heavy atom. The van der Waals surface area contributed by atoms with Crippen LogP contribution in [-0.2, 0) is 12.7 Å². The molecule has 4 rings (SSSR count). The maximum atomic E-state index is 12.6. The Balaban J connectivity index is 0.00000210. The van der Waals surface area contributed by atoms with Crippen LogP contribution in [0.2, 0.25) is 0 Å². The highest BCUT2D eigenvalue weighted by atomic mass is 35.5. The van der Waals surface area contributed by atoms with Gasteiger partial charge in [-0.25, -0.2) is 0 Å². The van der Waals surface area contributed by atoms with Crippen LogP contribution < -0.4 is 0 Å². The summed E-state index contributed by atoms with van der Waals surface area (Å²) in [7, 11) is 2.15. The number of hydrogen-bond acceptors (Lipinski definition) is 5. The van der Waals surface area contributed by atoms with Gasteiger partial charge in [-0.2, -0.15) is 18.2 Å². The van der Waals surface area contributed by atoms with Crippen molar-refractivity contribution in [2.45, 2.75) is 25.7 Å². The smallest absolute Gasteiger partial charge is 0.338 e. The van der Waals surface area contributed by atoms with Gasteiger partial charge < -0.3 is 4.52 Å². The first-order valence-corrected chi connectivity index (χ1v) is 8.71. The number of halogens is 4. The molecular formula is C18H22ClF3N4O. The average Bonchev–Trinajstić information content (AvgIpc) is 3.23. The lowest BCUT2D eigenvalue weighted by atomic mass is 9.88. The summed E-state index contributed by atoms with van der Waals surface area (Å²) in [5.41, 5.74) is 2.61. The van der Waals surface area contributed by atoms with Crippen molar-refractivity contribution in [3.8, 4) is 0 Å². The van der Waals surface area contributed by atoms with E-state index in [2.05, 4.69) is 52.1 Å². The average molecular weight is 403 g/mol. The third kappa shape index (κ3) is 3.83. The molecule has 3 atom stereocenters. The number of likely N-dealkylation sites (tertiary alicyclic amines) is 2. The van der Waals surface area contributed by atoms with Crippen molar-refractivity contribution in [3.63, 3.8) is 0 Å². The van der Waals surface area contributed by atoms with Crippen LogP contribution >= 0.6 is 12.4 Å². The minimum absolute atomic E-state index is 0. The van der Waals surface area contributed by atoms with E-state index in [9.17, 15) is 13.2 Å². The van der Waals surface area contributed by atoms with Crippen LogP contribution in [0.1, 0.15) is 28.9 Å². The number of aryl methyl sites for hydroxylation is 1. The third-order valence-corrected chi connectivity index (χ3v) is 5.56. The summed E-state index contributed by atoms with van der Waals surface area (Å²) in [5, 5.41) is 3.04. The fraction of sp³-hybridized carbons (Fsp3) is 0.556. The molecule has 2 aliphatic heterocycles. The Bertz CT molecular complexity index is 797. The minimum Gasteiger partial charge on any atom is -0.338 e. The summed E-state index contributed by atoms with van der Waals surface area (Å²) in [4.78, 5) is 8.01. The molecule has 148 valence electrons. The van der Waals surface area contributed by atoms with Crippen molar-refractivity contribution in [1.29, 1.82) is 0 Å². The molecule has 0 bridgehead atoms. The van der Waals surface area contributed by atoms with Gasteiger partial charge in [0.25, 0.3) is 5.82 Å². The Morgan fingerprint density at radius 3 is 2.59 bits per heavy atom. The first kappa shape index (κ1) is 20.1. The molecule has 1 aromatic carbocycles. The van der Waals surface area contributed by atoms with Crippen molar-refractivity contribution in [2.24, 2.45) is 11.8 Å². The van der Waals surface area contributed by atoms with Gasteiger partial charge in [-0.3, -0.25) is 9.80 Å². The molecule has 3 heterocycles. The highest BCUT2D eigenvalue weighted by molar-refractivity contribution is 5.85. The zero-order valence-electron chi connectivity index (χ0n) is 15.1. The van der Waals surface area contributed by atoms with Crippen LogP contribution in [0, 0.1) is 18.8 Å². The first-order valence-electron chi connectivity index (χ1n) is 8.71. The molecule has 0 saturated carbocycles. The molecule has 0 amide bonds. The highest BCUT2D eigenvalue weighted by Crippen LogP contribution is 2.45. The van der Waals surface area contributed by atoms with Crippen LogP contribution in [-0.4, -0.2) is 46.6 Å². The minimum atomic E-state index is -4.57. The molecule has 9 heteroatoms.